The molecule has 0 aromatic heterocycles. The molecule has 0 unspecified atom stereocenters. The molecule has 0 amide bonds. The summed E-state index contributed by atoms with van der Waals surface area (Å²) in [6, 6.07) is 8.91. The molecule has 2 aromatic carbocycles. The number of nitrogens with zero attached hydrogens (tertiary/aromatic N) is 1. The topological polar surface area (TPSA) is 75.6 Å². The van der Waals surface area contributed by atoms with Gasteiger partial charge in [0.25, 0.3) is 0 Å². The Kier molecular flexibility index (Phi) is 6.03. The molecule has 1 aliphatic rings. The van der Waals surface area contributed by atoms with Gasteiger partial charge in [0.1, 0.15) is 5.75 Å². The Morgan fingerprint density at radius 3 is 2.21 bits per heavy atom. The molecular formula is C21H23NO6. The first-order valence-corrected chi connectivity index (χ1v) is 8.86. The van der Waals surface area contributed by atoms with Crippen LogP contribution in [0.5, 0.6) is 23.0 Å². The fourth-order valence-electron chi connectivity index (χ4n) is 3.19. The molecule has 7 heteroatoms. The van der Waals surface area contributed by atoms with Crippen LogP contribution in [0, 0.1) is 0 Å². The lowest BCUT2D eigenvalue weighted by Gasteiger charge is -2.18. The van der Waals surface area contributed by atoms with Crippen LogP contribution in [0.15, 0.2) is 35.5 Å². The number of methoxy groups -OCH3 is 4. The summed E-state index contributed by atoms with van der Waals surface area (Å²) < 4.78 is 21.1. The van der Waals surface area contributed by atoms with Crippen LogP contribution in [-0.2, 0) is 11.3 Å². The maximum absolute atomic E-state index is 12.6. The van der Waals surface area contributed by atoms with E-state index in [1.54, 1.807) is 7.11 Å². The number of ether oxygens (including phenoxy) is 4. The molecule has 0 atom stereocenters. The Hall–Kier alpha value is -3.22. The molecule has 7 nitrogen and oxygen atoms in total. The lowest BCUT2D eigenvalue weighted by molar-refractivity contribution is 0.0514. The van der Waals surface area contributed by atoms with Crippen LogP contribution in [-0.4, -0.2) is 40.1 Å². The van der Waals surface area contributed by atoms with Gasteiger partial charge in [-0.15, -0.1) is 0 Å². The number of carbonyl (C=O) groups is 1. The van der Waals surface area contributed by atoms with Gasteiger partial charge in [-0.05, 0) is 49.1 Å². The van der Waals surface area contributed by atoms with Crippen LogP contribution < -0.4 is 18.9 Å². The van der Waals surface area contributed by atoms with Gasteiger partial charge in [0, 0.05) is 5.56 Å². The smallest absolute Gasteiger partial charge is 0.366 e. The number of fused-ring (bicyclic) bond motifs is 1. The van der Waals surface area contributed by atoms with E-state index in [4.69, 9.17) is 23.8 Å². The van der Waals surface area contributed by atoms with Gasteiger partial charge in [0.05, 0.1) is 39.7 Å². The second-order valence-corrected chi connectivity index (χ2v) is 6.21. The van der Waals surface area contributed by atoms with Crippen molar-refractivity contribution in [1.29, 1.82) is 0 Å². The molecule has 0 saturated heterocycles. The molecule has 0 saturated carbocycles. The minimum Gasteiger partial charge on any atom is -0.497 e. The van der Waals surface area contributed by atoms with Crippen molar-refractivity contribution in [3.05, 3.63) is 47.0 Å². The van der Waals surface area contributed by atoms with Crippen molar-refractivity contribution < 1.29 is 28.6 Å². The summed E-state index contributed by atoms with van der Waals surface area (Å²) in [7, 11) is 6.09. The standard InChI is InChI=1S/C21H23NO6/c1-24-15-9-8-13-6-5-7-17(16(13)12-15)22-28-21(23)14-10-18(25-2)20(27-4)19(11-14)26-3/h8-12H,5-7H2,1-4H3. The Bertz CT molecular complexity index is 881. The summed E-state index contributed by atoms with van der Waals surface area (Å²) in [4.78, 5) is 17.8. The number of aryl methyl sites for hydroxylation is 1. The van der Waals surface area contributed by atoms with Gasteiger partial charge < -0.3 is 23.8 Å². The number of rotatable bonds is 6. The maximum Gasteiger partial charge on any atom is 0.366 e. The highest BCUT2D eigenvalue weighted by molar-refractivity contribution is 6.03. The van der Waals surface area contributed by atoms with Crippen LogP contribution in [0.3, 0.4) is 0 Å². The molecule has 0 bridgehead atoms. The Morgan fingerprint density at radius 1 is 0.893 bits per heavy atom. The molecule has 0 N–H and O–H groups in total. The fourth-order valence-corrected chi connectivity index (χ4v) is 3.19. The van der Waals surface area contributed by atoms with Crippen LogP contribution in [0.2, 0.25) is 0 Å². The zero-order chi connectivity index (χ0) is 20.1. The quantitative estimate of drug-likeness (QED) is 0.558. The van der Waals surface area contributed by atoms with E-state index in [-0.39, 0.29) is 5.56 Å². The summed E-state index contributed by atoms with van der Waals surface area (Å²) in [5.74, 6) is 1.27. The van der Waals surface area contributed by atoms with Gasteiger partial charge >= 0.3 is 5.97 Å². The van der Waals surface area contributed by atoms with Gasteiger partial charge in [-0.2, -0.15) is 0 Å². The second-order valence-electron chi connectivity index (χ2n) is 6.21. The lowest BCUT2D eigenvalue weighted by Crippen LogP contribution is -2.14. The molecule has 148 valence electrons. The van der Waals surface area contributed by atoms with Gasteiger partial charge in [-0.25, -0.2) is 4.79 Å². The number of benzene rings is 2. The van der Waals surface area contributed by atoms with E-state index in [0.717, 1.165) is 41.9 Å². The second kappa shape index (κ2) is 8.65. The van der Waals surface area contributed by atoms with Crippen molar-refractivity contribution in [3.63, 3.8) is 0 Å². The van der Waals surface area contributed by atoms with Gasteiger partial charge in [0.15, 0.2) is 11.5 Å². The van der Waals surface area contributed by atoms with Crippen molar-refractivity contribution in [2.45, 2.75) is 19.3 Å². The van der Waals surface area contributed by atoms with Gasteiger partial charge in [-0.1, -0.05) is 11.2 Å². The van der Waals surface area contributed by atoms with Crippen molar-refractivity contribution in [2.75, 3.05) is 28.4 Å². The highest BCUT2D eigenvalue weighted by Gasteiger charge is 2.20. The van der Waals surface area contributed by atoms with E-state index in [2.05, 4.69) is 5.16 Å². The number of oxime groups is 1. The Labute approximate surface area is 163 Å². The molecule has 0 radical (unpaired) electrons. The normalized spacial score (nSPS) is 14.2. The number of hydrogen-bond donors (Lipinski definition) is 0. The Balaban J connectivity index is 1.87. The number of hydrogen-bond acceptors (Lipinski definition) is 7. The summed E-state index contributed by atoms with van der Waals surface area (Å²) in [6.07, 6.45) is 2.63. The minimum absolute atomic E-state index is 0.250. The maximum atomic E-state index is 12.6. The van der Waals surface area contributed by atoms with E-state index >= 15 is 0 Å². The summed E-state index contributed by atoms with van der Waals surface area (Å²) in [5, 5.41) is 4.13. The minimum atomic E-state index is -0.609. The van der Waals surface area contributed by atoms with Crippen molar-refractivity contribution in [1.82, 2.24) is 0 Å². The van der Waals surface area contributed by atoms with E-state index in [9.17, 15) is 4.79 Å². The summed E-state index contributed by atoms with van der Waals surface area (Å²) in [6.45, 7) is 0. The molecule has 0 heterocycles. The molecule has 0 aliphatic heterocycles. The lowest BCUT2D eigenvalue weighted by atomic mass is 9.90. The van der Waals surface area contributed by atoms with Crippen molar-refractivity contribution in [3.8, 4) is 23.0 Å². The van der Waals surface area contributed by atoms with Crippen LogP contribution in [0.25, 0.3) is 0 Å². The molecule has 0 fully saturated rings. The van der Waals surface area contributed by atoms with Gasteiger partial charge in [0.2, 0.25) is 5.75 Å². The molecule has 28 heavy (non-hydrogen) atoms. The predicted molar refractivity (Wildman–Crippen MR) is 104 cm³/mol. The third-order valence-electron chi connectivity index (χ3n) is 4.63. The van der Waals surface area contributed by atoms with E-state index < -0.39 is 5.97 Å². The monoisotopic (exact) mass is 385 g/mol. The van der Waals surface area contributed by atoms with E-state index in [1.165, 1.54) is 33.5 Å². The zero-order valence-corrected chi connectivity index (χ0v) is 16.4. The summed E-state index contributed by atoms with van der Waals surface area (Å²) >= 11 is 0. The highest BCUT2D eigenvalue weighted by Crippen LogP contribution is 2.38. The molecule has 0 spiro atoms. The largest absolute Gasteiger partial charge is 0.497 e. The fraction of sp³-hybridized carbons (Fsp3) is 0.333. The average molecular weight is 385 g/mol. The zero-order valence-electron chi connectivity index (χ0n) is 16.4. The molecule has 1 aliphatic carbocycles. The third kappa shape index (κ3) is 3.88. The predicted octanol–water partition coefficient (Wildman–Crippen LogP) is 3.62. The first-order valence-electron chi connectivity index (χ1n) is 8.86. The highest BCUT2D eigenvalue weighted by atomic mass is 16.7. The third-order valence-corrected chi connectivity index (χ3v) is 4.63. The first kappa shape index (κ1) is 19.5. The van der Waals surface area contributed by atoms with Crippen molar-refractivity contribution >= 4 is 11.7 Å². The molecular weight excluding hydrogens is 362 g/mol. The van der Waals surface area contributed by atoms with Gasteiger partial charge in [-0.3, -0.25) is 0 Å². The summed E-state index contributed by atoms with van der Waals surface area (Å²) in [5.41, 5.74) is 3.08. The van der Waals surface area contributed by atoms with E-state index in [0.29, 0.717) is 17.2 Å². The average Bonchev–Trinajstić information content (AvgIpc) is 2.75. The van der Waals surface area contributed by atoms with Crippen LogP contribution in [0.4, 0.5) is 0 Å². The SMILES string of the molecule is COc1ccc2c(c1)C(=NOC(=O)c1cc(OC)c(OC)c(OC)c1)CCC2. The van der Waals surface area contributed by atoms with E-state index in [1.807, 2.05) is 18.2 Å². The Morgan fingerprint density at radius 2 is 1.61 bits per heavy atom. The van der Waals surface area contributed by atoms with Crippen LogP contribution >= 0.6 is 0 Å². The molecule has 3 rings (SSSR count). The molecule has 2 aromatic rings. The first-order chi connectivity index (χ1) is 13.6. The van der Waals surface area contributed by atoms with Crippen molar-refractivity contribution in [2.24, 2.45) is 5.16 Å². The number of carbonyl (C=O) groups excluding carboxylic acids is 1. The van der Waals surface area contributed by atoms with Crippen LogP contribution in [0.1, 0.15) is 34.3 Å².